The van der Waals surface area contributed by atoms with Gasteiger partial charge in [0.1, 0.15) is 0 Å². The molecule has 0 saturated heterocycles. The number of aromatic nitrogens is 1. The Morgan fingerprint density at radius 3 is 2.67 bits per heavy atom. The molecule has 130 valence electrons. The fourth-order valence-corrected chi connectivity index (χ4v) is 2.91. The Morgan fingerprint density at radius 2 is 2.08 bits per heavy atom. The molecule has 6 heteroatoms. The molecule has 0 saturated carbocycles. The minimum atomic E-state index is 0.131. The van der Waals surface area contributed by atoms with Gasteiger partial charge in [-0.1, -0.05) is 6.07 Å². The molecule has 5 nitrogen and oxygen atoms in total. The average Bonchev–Trinajstić information content (AvgIpc) is 2.96. The highest BCUT2D eigenvalue weighted by atomic mass is 32.1. The van der Waals surface area contributed by atoms with E-state index in [0.717, 1.165) is 24.6 Å². The lowest BCUT2D eigenvalue weighted by atomic mass is 10.3. The number of aliphatic imine (C=N–C) groups is 1. The first-order chi connectivity index (χ1) is 11.6. The van der Waals surface area contributed by atoms with Gasteiger partial charge in [-0.15, -0.1) is 11.3 Å². The van der Waals surface area contributed by atoms with Gasteiger partial charge in [0.05, 0.1) is 19.2 Å². The number of guanidine groups is 1. The van der Waals surface area contributed by atoms with Crippen LogP contribution in [0, 0.1) is 6.92 Å². The molecule has 0 spiro atoms. The van der Waals surface area contributed by atoms with Crippen molar-refractivity contribution in [2.75, 3.05) is 6.54 Å². The quantitative estimate of drug-likeness (QED) is 0.595. The Bertz CT molecular complexity index is 649. The van der Waals surface area contributed by atoms with Crippen molar-refractivity contribution in [2.45, 2.75) is 46.9 Å². The van der Waals surface area contributed by atoms with Crippen LogP contribution in [0.3, 0.4) is 0 Å². The number of nitrogens with one attached hydrogen (secondary N) is 2. The SMILES string of the molecule is CCNC(=NCc1ccc(OC(C)C)nc1)NCc1ccc(C)s1. The number of aryl methyl sites for hydroxylation is 1. The van der Waals surface area contributed by atoms with Crippen LogP contribution in [-0.4, -0.2) is 23.6 Å². The first-order valence-electron chi connectivity index (χ1n) is 8.26. The molecule has 24 heavy (non-hydrogen) atoms. The number of ether oxygens (including phenoxy) is 1. The molecule has 2 N–H and O–H groups in total. The summed E-state index contributed by atoms with van der Waals surface area (Å²) in [6.07, 6.45) is 1.94. The summed E-state index contributed by atoms with van der Waals surface area (Å²) in [4.78, 5) is 11.5. The molecule has 2 rings (SSSR count). The Hall–Kier alpha value is -2.08. The van der Waals surface area contributed by atoms with Crippen molar-refractivity contribution in [3.05, 3.63) is 45.8 Å². The van der Waals surface area contributed by atoms with E-state index in [4.69, 9.17) is 4.74 Å². The fraction of sp³-hybridized carbons (Fsp3) is 0.444. The first-order valence-corrected chi connectivity index (χ1v) is 9.07. The second-order valence-electron chi connectivity index (χ2n) is 5.73. The third kappa shape index (κ3) is 6.20. The van der Waals surface area contributed by atoms with Crippen molar-refractivity contribution >= 4 is 17.3 Å². The lowest BCUT2D eigenvalue weighted by molar-refractivity contribution is 0.232. The molecule has 0 fully saturated rings. The van der Waals surface area contributed by atoms with Crippen molar-refractivity contribution in [3.63, 3.8) is 0 Å². The molecule has 0 atom stereocenters. The van der Waals surface area contributed by atoms with Crippen molar-refractivity contribution in [1.82, 2.24) is 15.6 Å². The minimum absolute atomic E-state index is 0.131. The van der Waals surface area contributed by atoms with Gasteiger partial charge < -0.3 is 15.4 Å². The maximum absolute atomic E-state index is 5.55. The van der Waals surface area contributed by atoms with Crippen molar-refractivity contribution < 1.29 is 4.74 Å². The molecule has 2 aromatic rings. The van der Waals surface area contributed by atoms with Crippen molar-refractivity contribution in [2.24, 2.45) is 4.99 Å². The Balaban J connectivity index is 1.92. The topological polar surface area (TPSA) is 58.5 Å². The molecule has 0 radical (unpaired) electrons. The standard InChI is InChI=1S/C18H26N4OS/c1-5-19-18(22-12-16-8-6-14(4)24-16)21-11-15-7-9-17(20-10-15)23-13(2)3/h6-10,13H,5,11-12H2,1-4H3,(H2,19,21,22). The molecule has 0 aliphatic carbocycles. The number of thiophene rings is 1. The molecule has 0 aromatic carbocycles. The highest BCUT2D eigenvalue weighted by Gasteiger charge is 2.02. The second kappa shape index (κ2) is 9.27. The van der Waals surface area contributed by atoms with E-state index >= 15 is 0 Å². The third-order valence-corrected chi connectivity index (χ3v) is 4.14. The zero-order valence-electron chi connectivity index (χ0n) is 14.8. The summed E-state index contributed by atoms with van der Waals surface area (Å²) < 4.78 is 5.55. The van der Waals surface area contributed by atoms with Crippen LogP contribution in [0.5, 0.6) is 5.88 Å². The fourth-order valence-electron chi connectivity index (χ4n) is 2.08. The maximum atomic E-state index is 5.55. The van der Waals surface area contributed by atoms with Gasteiger partial charge in [0.2, 0.25) is 5.88 Å². The first kappa shape index (κ1) is 18.3. The minimum Gasteiger partial charge on any atom is -0.475 e. The van der Waals surface area contributed by atoms with Gasteiger partial charge in [0, 0.05) is 28.6 Å². The van der Waals surface area contributed by atoms with Gasteiger partial charge in [0.15, 0.2) is 5.96 Å². The Kier molecular flexibility index (Phi) is 7.06. The smallest absolute Gasteiger partial charge is 0.213 e. The summed E-state index contributed by atoms with van der Waals surface area (Å²) in [5, 5.41) is 6.63. The monoisotopic (exact) mass is 346 g/mol. The van der Waals surface area contributed by atoms with Crippen molar-refractivity contribution in [3.8, 4) is 5.88 Å². The van der Waals surface area contributed by atoms with E-state index in [9.17, 15) is 0 Å². The Labute approximate surface area is 148 Å². The highest BCUT2D eigenvalue weighted by Crippen LogP contribution is 2.14. The van der Waals surface area contributed by atoms with Gasteiger partial charge in [-0.2, -0.15) is 0 Å². The number of hydrogen-bond acceptors (Lipinski definition) is 4. The normalized spacial score (nSPS) is 11.6. The molecule has 2 heterocycles. The summed E-state index contributed by atoms with van der Waals surface area (Å²) in [7, 11) is 0. The zero-order chi connectivity index (χ0) is 17.4. The second-order valence-corrected chi connectivity index (χ2v) is 7.10. The van der Waals surface area contributed by atoms with Crippen LogP contribution in [0.2, 0.25) is 0 Å². The predicted molar refractivity (Wildman–Crippen MR) is 101 cm³/mol. The van der Waals surface area contributed by atoms with Crippen LogP contribution < -0.4 is 15.4 Å². The molecular weight excluding hydrogens is 320 g/mol. The molecule has 0 bridgehead atoms. The van der Waals surface area contributed by atoms with Gasteiger partial charge in [-0.3, -0.25) is 0 Å². The van der Waals surface area contributed by atoms with Crippen LogP contribution in [0.25, 0.3) is 0 Å². The number of nitrogens with zero attached hydrogens (tertiary/aromatic N) is 2. The van der Waals surface area contributed by atoms with Crippen LogP contribution in [0.15, 0.2) is 35.5 Å². The molecular formula is C18H26N4OS. The maximum Gasteiger partial charge on any atom is 0.213 e. The number of pyridine rings is 1. The van der Waals surface area contributed by atoms with E-state index < -0.39 is 0 Å². The van der Waals surface area contributed by atoms with Gasteiger partial charge in [-0.25, -0.2) is 9.98 Å². The summed E-state index contributed by atoms with van der Waals surface area (Å²) in [6.45, 7) is 10.3. The van der Waals surface area contributed by atoms with E-state index in [1.54, 1.807) is 11.3 Å². The summed E-state index contributed by atoms with van der Waals surface area (Å²) in [5.74, 6) is 1.46. The zero-order valence-corrected chi connectivity index (χ0v) is 15.6. The predicted octanol–water partition coefficient (Wildman–Crippen LogP) is 3.49. The number of hydrogen-bond donors (Lipinski definition) is 2. The van der Waals surface area contributed by atoms with Gasteiger partial charge >= 0.3 is 0 Å². The van der Waals surface area contributed by atoms with Gasteiger partial charge in [-0.05, 0) is 45.4 Å². The van der Waals surface area contributed by atoms with Crippen LogP contribution in [-0.2, 0) is 13.1 Å². The molecule has 0 aliphatic heterocycles. The summed E-state index contributed by atoms with van der Waals surface area (Å²) in [5.41, 5.74) is 1.05. The van der Waals surface area contributed by atoms with E-state index in [1.165, 1.54) is 9.75 Å². The van der Waals surface area contributed by atoms with Crippen LogP contribution >= 0.6 is 11.3 Å². The largest absolute Gasteiger partial charge is 0.475 e. The van der Waals surface area contributed by atoms with Gasteiger partial charge in [0.25, 0.3) is 0 Å². The number of rotatable bonds is 7. The van der Waals surface area contributed by atoms with Crippen LogP contribution in [0.1, 0.15) is 36.1 Å². The Morgan fingerprint density at radius 1 is 1.25 bits per heavy atom. The molecule has 0 amide bonds. The van der Waals surface area contributed by atoms with E-state index in [1.807, 2.05) is 32.2 Å². The van der Waals surface area contributed by atoms with E-state index in [2.05, 4.69) is 46.6 Å². The van der Waals surface area contributed by atoms with E-state index in [0.29, 0.717) is 12.4 Å². The lowest BCUT2D eigenvalue weighted by Gasteiger charge is -2.11. The summed E-state index contributed by atoms with van der Waals surface area (Å²) in [6, 6.07) is 8.17. The van der Waals surface area contributed by atoms with Crippen molar-refractivity contribution in [1.29, 1.82) is 0 Å². The highest BCUT2D eigenvalue weighted by molar-refractivity contribution is 7.11. The average molecular weight is 347 g/mol. The molecule has 2 aromatic heterocycles. The summed E-state index contributed by atoms with van der Waals surface area (Å²) >= 11 is 1.80. The molecule has 0 unspecified atom stereocenters. The van der Waals surface area contributed by atoms with E-state index in [-0.39, 0.29) is 6.10 Å². The molecule has 0 aliphatic rings. The lowest BCUT2D eigenvalue weighted by Crippen LogP contribution is -2.36. The third-order valence-electron chi connectivity index (χ3n) is 3.14. The van der Waals surface area contributed by atoms with Crippen LogP contribution in [0.4, 0.5) is 0 Å².